The quantitative estimate of drug-likeness (QED) is 0.286. The van der Waals surface area contributed by atoms with Crippen LogP contribution in [0.25, 0.3) is 0 Å². The predicted octanol–water partition coefficient (Wildman–Crippen LogP) is 0.997. The summed E-state index contributed by atoms with van der Waals surface area (Å²) in [6, 6.07) is 7.04. The van der Waals surface area contributed by atoms with Gasteiger partial charge in [0.25, 0.3) is 5.91 Å². The van der Waals surface area contributed by atoms with E-state index in [1.807, 2.05) is 6.07 Å². The summed E-state index contributed by atoms with van der Waals surface area (Å²) in [5, 5.41) is 0. The average molecular weight is 283 g/mol. The van der Waals surface area contributed by atoms with Gasteiger partial charge in [-0.3, -0.25) is 10.2 Å². The molecule has 0 radical (unpaired) electrons. The van der Waals surface area contributed by atoms with E-state index in [0.29, 0.717) is 30.4 Å². The third kappa shape index (κ3) is 5.50. The van der Waals surface area contributed by atoms with Crippen molar-refractivity contribution >= 4 is 17.7 Å². The molecule has 1 aromatic rings. The lowest BCUT2D eigenvalue weighted by Gasteiger charge is -2.11. The topological polar surface area (TPSA) is 90.4 Å². The van der Waals surface area contributed by atoms with Crippen LogP contribution in [0.2, 0.25) is 0 Å². The molecular formula is C13H21N3O2S. The van der Waals surface area contributed by atoms with Crippen LogP contribution in [0, 0.1) is 5.92 Å². The number of nitrogen functional groups attached to an aromatic ring is 1. The van der Waals surface area contributed by atoms with Gasteiger partial charge in [-0.2, -0.15) is 11.8 Å². The summed E-state index contributed by atoms with van der Waals surface area (Å²) in [5.74, 6) is 7.73. The van der Waals surface area contributed by atoms with E-state index in [2.05, 4.69) is 12.3 Å². The highest BCUT2D eigenvalue weighted by Gasteiger charge is 2.10. The average Bonchev–Trinajstić information content (AvgIpc) is 2.46. The number of hydrogen-bond donors (Lipinski definition) is 3. The highest BCUT2D eigenvalue weighted by molar-refractivity contribution is 7.99. The summed E-state index contributed by atoms with van der Waals surface area (Å²) in [5.41, 5.74) is 8.10. The van der Waals surface area contributed by atoms with Gasteiger partial charge in [-0.1, -0.05) is 19.1 Å². The lowest BCUT2D eigenvalue weighted by molar-refractivity contribution is 0.0950. The van der Waals surface area contributed by atoms with Crippen molar-refractivity contribution in [3.8, 4) is 5.75 Å². The molecule has 0 heterocycles. The third-order valence-corrected chi connectivity index (χ3v) is 3.81. The zero-order chi connectivity index (χ0) is 14.1. The van der Waals surface area contributed by atoms with E-state index in [9.17, 15) is 4.79 Å². The van der Waals surface area contributed by atoms with Gasteiger partial charge in [-0.15, -0.1) is 0 Å². The van der Waals surface area contributed by atoms with Gasteiger partial charge in [0.2, 0.25) is 0 Å². The van der Waals surface area contributed by atoms with Crippen LogP contribution in [0.3, 0.4) is 0 Å². The van der Waals surface area contributed by atoms with Gasteiger partial charge in [0.15, 0.2) is 0 Å². The highest BCUT2D eigenvalue weighted by Crippen LogP contribution is 2.18. The van der Waals surface area contributed by atoms with E-state index in [1.54, 1.807) is 30.0 Å². The molecule has 1 rings (SSSR count). The number of hydrogen-bond acceptors (Lipinski definition) is 5. The van der Waals surface area contributed by atoms with E-state index in [1.165, 1.54) is 0 Å². The summed E-state index contributed by atoms with van der Waals surface area (Å²) < 4.78 is 5.61. The molecule has 5 N–H and O–H groups in total. The number of para-hydroxylation sites is 1. The van der Waals surface area contributed by atoms with E-state index in [4.69, 9.17) is 16.3 Å². The van der Waals surface area contributed by atoms with Crippen LogP contribution in [-0.2, 0) is 0 Å². The van der Waals surface area contributed by atoms with Crippen LogP contribution in [0.4, 0.5) is 0 Å². The molecule has 106 valence electrons. The molecule has 1 atom stereocenters. The number of benzene rings is 1. The molecule has 1 amide bonds. The van der Waals surface area contributed by atoms with Crippen molar-refractivity contribution in [3.63, 3.8) is 0 Å². The van der Waals surface area contributed by atoms with Gasteiger partial charge in [0, 0.05) is 5.75 Å². The monoisotopic (exact) mass is 283 g/mol. The molecule has 19 heavy (non-hydrogen) atoms. The summed E-state index contributed by atoms with van der Waals surface area (Å²) in [4.78, 5) is 11.5. The highest BCUT2D eigenvalue weighted by atomic mass is 32.2. The second-order valence-electron chi connectivity index (χ2n) is 4.23. The number of nitrogens with one attached hydrogen (secondary N) is 1. The number of rotatable bonds is 8. The largest absolute Gasteiger partial charge is 0.492 e. The smallest absolute Gasteiger partial charge is 0.268 e. The van der Waals surface area contributed by atoms with Crippen molar-refractivity contribution < 1.29 is 9.53 Å². The van der Waals surface area contributed by atoms with Gasteiger partial charge in [0.1, 0.15) is 5.75 Å². The first-order valence-electron chi connectivity index (χ1n) is 6.19. The first-order chi connectivity index (χ1) is 9.19. The van der Waals surface area contributed by atoms with Crippen molar-refractivity contribution in [2.45, 2.75) is 6.92 Å². The Balaban J connectivity index is 2.39. The Labute approximate surface area is 118 Å². The predicted molar refractivity (Wildman–Crippen MR) is 79.1 cm³/mol. The molecule has 5 nitrogen and oxygen atoms in total. The zero-order valence-electron chi connectivity index (χ0n) is 11.1. The Kier molecular flexibility index (Phi) is 7.32. The maximum Gasteiger partial charge on any atom is 0.268 e. The second kappa shape index (κ2) is 8.79. The Morgan fingerprint density at radius 2 is 2.21 bits per heavy atom. The third-order valence-electron chi connectivity index (χ3n) is 2.55. The molecule has 0 bridgehead atoms. The molecule has 1 aromatic carbocycles. The number of hydrazine groups is 1. The maximum absolute atomic E-state index is 11.5. The van der Waals surface area contributed by atoms with Crippen LogP contribution >= 0.6 is 11.8 Å². The fourth-order valence-corrected chi connectivity index (χ4v) is 2.33. The van der Waals surface area contributed by atoms with Crippen molar-refractivity contribution in [1.29, 1.82) is 0 Å². The van der Waals surface area contributed by atoms with Crippen molar-refractivity contribution in [3.05, 3.63) is 29.8 Å². The Bertz CT molecular complexity index is 401. The van der Waals surface area contributed by atoms with E-state index in [0.717, 1.165) is 11.5 Å². The molecule has 0 aliphatic rings. The standard InChI is InChI=1S/C13H21N3O2S/c1-10(8-14)9-19-7-6-18-12-5-3-2-4-11(12)13(17)16-15/h2-5,10H,6-9,14-15H2,1H3,(H,16,17). The summed E-state index contributed by atoms with van der Waals surface area (Å²) in [6.45, 7) is 3.37. The Morgan fingerprint density at radius 1 is 1.47 bits per heavy atom. The summed E-state index contributed by atoms with van der Waals surface area (Å²) in [7, 11) is 0. The fraction of sp³-hybridized carbons (Fsp3) is 0.462. The van der Waals surface area contributed by atoms with E-state index >= 15 is 0 Å². The molecule has 0 fully saturated rings. The second-order valence-corrected chi connectivity index (χ2v) is 5.38. The normalized spacial score (nSPS) is 11.9. The van der Waals surface area contributed by atoms with Gasteiger partial charge >= 0.3 is 0 Å². The maximum atomic E-state index is 11.5. The summed E-state index contributed by atoms with van der Waals surface area (Å²) >= 11 is 1.79. The molecule has 0 saturated carbocycles. The van der Waals surface area contributed by atoms with Crippen LogP contribution in [-0.4, -0.2) is 30.6 Å². The Morgan fingerprint density at radius 3 is 2.89 bits per heavy atom. The van der Waals surface area contributed by atoms with Gasteiger partial charge in [0.05, 0.1) is 12.2 Å². The molecule has 6 heteroatoms. The molecular weight excluding hydrogens is 262 g/mol. The minimum absolute atomic E-state index is 0.347. The fourth-order valence-electron chi connectivity index (χ4n) is 1.42. The number of thioether (sulfide) groups is 1. The lowest BCUT2D eigenvalue weighted by atomic mass is 10.2. The number of amides is 1. The first kappa shape index (κ1) is 15.8. The Hall–Kier alpha value is -1.24. The zero-order valence-corrected chi connectivity index (χ0v) is 11.9. The number of ether oxygens (including phenoxy) is 1. The van der Waals surface area contributed by atoms with E-state index in [-0.39, 0.29) is 5.91 Å². The van der Waals surface area contributed by atoms with Crippen LogP contribution in [0.1, 0.15) is 17.3 Å². The van der Waals surface area contributed by atoms with Crippen LogP contribution in [0.5, 0.6) is 5.75 Å². The minimum Gasteiger partial charge on any atom is -0.492 e. The number of nitrogens with two attached hydrogens (primary N) is 2. The summed E-state index contributed by atoms with van der Waals surface area (Å²) in [6.07, 6.45) is 0. The van der Waals surface area contributed by atoms with Crippen molar-refractivity contribution in [2.24, 2.45) is 17.5 Å². The SMILES string of the molecule is CC(CN)CSCCOc1ccccc1C(=O)NN. The van der Waals surface area contributed by atoms with Crippen LogP contribution in [0.15, 0.2) is 24.3 Å². The van der Waals surface area contributed by atoms with Crippen molar-refractivity contribution in [1.82, 2.24) is 5.43 Å². The molecule has 0 aliphatic heterocycles. The first-order valence-corrected chi connectivity index (χ1v) is 7.35. The van der Waals surface area contributed by atoms with Gasteiger partial charge in [-0.05, 0) is 30.3 Å². The van der Waals surface area contributed by atoms with Crippen molar-refractivity contribution in [2.75, 3.05) is 24.7 Å². The van der Waals surface area contributed by atoms with Crippen LogP contribution < -0.4 is 21.7 Å². The molecule has 0 spiro atoms. The molecule has 1 unspecified atom stereocenters. The number of carbonyl (C=O) groups excluding carboxylic acids is 1. The lowest BCUT2D eigenvalue weighted by Crippen LogP contribution is -2.30. The molecule has 0 aliphatic carbocycles. The number of carbonyl (C=O) groups is 1. The van der Waals surface area contributed by atoms with Gasteiger partial charge < -0.3 is 10.5 Å². The van der Waals surface area contributed by atoms with E-state index < -0.39 is 0 Å². The minimum atomic E-state index is -0.347. The van der Waals surface area contributed by atoms with Gasteiger partial charge in [-0.25, -0.2) is 5.84 Å². The molecule has 0 aromatic heterocycles. The molecule has 0 saturated heterocycles.